The number of carbonyl (C=O) groups excluding carboxylic acids is 3. The van der Waals surface area contributed by atoms with E-state index in [-0.39, 0.29) is 12.6 Å². The fourth-order valence-electron chi connectivity index (χ4n) is 3.62. The molecule has 1 atom stereocenters. The molecule has 0 spiro atoms. The van der Waals surface area contributed by atoms with Gasteiger partial charge in [0.15, 0.2) is 0 Å². The van der Waals surface area contributed by atoms with Crippen LogP contribution >= 0.6 is 11.6 Å². The lowest BCUT2D eigenvalue weighted by Crippen LogP contribution is -2.48. The molecule has 0 saturated carbocycles. The Morgan fingerprint density at radius 3 is 2.42 bits per heavy atom. The van der Waals surface area contributed by atoms with Crippen molar-refractivity contribution in [2.24, 2.45) is 0 Å². The molecule has 1 aliphatic heterocycles. The second-order valence-corrected chi connectivity index (χ2v) is 7.90. The van der Waals surface area contributed by atoms with E-state index in [2.05, 4.69) is 16.0 Å². The van der Waals surface area contributed by atoms with E-state index in [4.69, 9.17) is 16.3 Å². The van der Waals surface area contributed by atoms with Gasteiger partial charge in [0, 0.05) is 28.6 Å². The topological polar surface area (TPSA) is 99.8 Å². The lowest BCUT2D eigenvalue weighted by atomic mass is 9.94. The van der Waals surface area contributed by atoms with Crippen LogP contribution in [0, 0.1) is 0 Å². The molecule has 0 bridgehead atoms. The minimum Gasteiger partial charge on any atom is -0.463 e. The van der Waals surface area contributed by atoms with Gasteiger partial charge in [0.2, 0.25) is 0 Å². The van der Waals surface area contributed by atoms with Crippen LogP contribution in [0.15, 0.2) is 59.8 Å². The zero-order valence-electron chi connectivity index (χ0n) is 18.8. The summed E-state index contributed by atoms with van der Waals surface area (Å²) in [5, 5.41) is 8.87. The number of hydrogen-bond donors (Lipinski definition) is 3. The first-order chi connectivity index (χ1) is 15.8. The SMILES string of the molecule is CCCN1C(=O)NC(c2ccc(NC(=O)Nc3cccc(Cl)c3)cc2)C(C(=O)OCC)=C1C. The maximum absolute atomic E-state index is 12.7. The third-order valence-electron chi connectivity index (χ3n) is 5.12. The van der Waals surface area contributed by atoms with E-state index in [1.165, 1.54) is 0 Å². The van der Waals surface area contributed by atoms with Crippen molar-refractivity contribution in [3.05, 3.63) is 70.4 Å². The molecule has 4 amide bonds. The molecule has 0 fully saturated rings. The van der Waals surface area contributed by atoms with Crippen LogP contribution in [0.4, 0.5) is 21.0 Å². The number of nitrogens with one attached hydrogen (secondary N) is 3. The molecule has 3 N–H and O–H groups in total. The quantitative estimate of drug-likeness (QED) is 0.478. The van der Waals surface area contributed by atoms with E-state index in [0.29, 0.717) is 39.8 Å². The summed E-state index contributed by atoms with van der Waals surface area (Å²) in [4.78, 5) is 39.2. The first-order valence-electron chi connectivity index (χ1n) is 10.7. The maximum atomic E-state index is 12.7. The van der Waals surface area contributed by atoms with Crippen LogP contribution in [0.3, 0.4) is 0 Å². The lowest BCUT2D eigenvalue weighted by molar-refractivity contribution is -0.139. The predicted octanol–water partition coefficient (Wildman–Crippen LogP) is 5.30. The Morgan fingerprint density at radius 2 is 1.79 bits per heavy atom. The van der Waals surface area contributed by atoms with E-state index in [1.54, 1.807) is 67.3 Å². The van der Waals surface area contributed by atoms with Crippen LogP contribution in [0.1, 0.15) is 38.8 Å². The normalized spacial score (nSPS) is 15.7. The molecule has 1 unspecified atom stereocenters. The maximum Gasteiger partial charge on any atom is 0.338 e. The molecule has 1 heterocycles. The Hall–Kier alpha value is -3.52. The minimum absolute atomic E-state index is 0.231. The second-order valence-electron chi connectivity index (χ2n) is 7.47. The summed E-state index contributed by atoms with van der Waals surface area (Å²) in [5.74, 6) is -0.468. The Labute approximate surface area is 197 Å². The van der Waals surface area contributed by atoms with Gasteiger partial charge in [-0.05, 0) is 56.2 Å². The minimum atomic E-state index is -0.654. The van der Waals surface area contributed by atoms with Crippen molar-refractivity contribution in [3.63, 3.8) is 0 Å². The molecule has 1 aliphatic rings. The fraction of sp³-hybridized carbons (Fsp3) is 0.292. The van der Waals surface area contributed by atoms with Crippen molar-refractivity contribution < 1.29 is 19.1 Å². The highest BCUT2D eigenvalue weighted by atomic mass is 35.5. The van der Waals surface area contributed by atoms with Gasteiger partial charge >= 0.3 is 18.0 Å². The molecule has 0 saturated heterocycles. The summed E-state index contributed by atoms with van der Waals surface area (Å²) in [6.07, 6.45) is 0.753. The van der Waals surface area contributed by atoms with Gasteiger partial charge < -0.3 is 20.7 Å². The molecule has 9 heteroatoms. The fourth-order valence-corrected chi connectivity index (χ4v) is 3.81. The van der Waals surface area contributed by atoms with E-state index in [9.17, 15) is 14.4 Å². The summed E-state index contributed by atoms with van der Waals surface area (Å²) >= 11 is 5.94. The molecule has 174 valence electrons. The number of anilines is 2. The monoisotopic (exact) mass is 470 g/mol. The number of allylic oxidation sites excluding steroid dienone is 1. The lowest BCUT2D eigenvalue weighted by Gasteiger charge is -2.35. The largest absolute Gasteiger partial charge is 0.463 e. The van der Waals surface area contributed by atoms with Crippen molar-refractivity contribution in [1.82, 2.24) is 10.2 Å². The number of amides is 4. The van der Waals surface area contributed by atoms with Crippen molar-refractivity contribution in [2.45, 2.75) is 33.2 Å². The van der Waals surface area contributed by atoms with Crippen molar-refractivity contribution in [3.8, 4) is 0 Å². The smallest absolute Gasteiger partial charge is 0.338 e. The number of hydrogen-bond acceptors (Lipinski definition) is 4. The molecular formula is C24H27ClN4O4. The highest BCUT2D eigenvalue weighted by Gasteiger charge is 2.36. The van der Waals surface area contributed by atoms with E-state index < -0.39 is 18.0 Å². The predicted molar refractivity (Wildman–Crippen MR) is 128 cm³/mol. The standard InChI is InChI=1S/C24H27ClN4O4/c1-4-13-29-15(3)20(22(30)33-5-2)21(28-24(29)32)16-9-11-18(12-10-16)26-23(31)27-19-8-6-7-17(25)14-19/h6-12,14,21H,4-5,13H2,1-3H3,(H,28,32)(H2,26,27,31). The van der Waals surface area contributed by atoms with Crippen LogP contribution in [0.5, 0.6) is 0 Å². The molecule has 0 radical (unpaired) electrons. The first-order valence-corrected chi connectivity index (χ1v) is 11.1. The highest BCUT2D eigenvalue weighted by Crippen LogP contribution is 2.32. The van der Waals surface area contributed by atoms with E-state index in [1.807, 2.05) is 6.92 Å². The molecule has 2 aromatic rings. The molecule has 3 rings (SSSR count). The zero-order chi connectivity index (χ0) is 24.0. The van der Waals surface area contributed by atoms with Gasteiger partial charge in [-0.15, -0.1) is 0 Å². The third-order valence-corrected chi connectivity index (χ3v) is 5.36. The number of carbonyl (C=O) groups is 3. The van der Waals surface area contributed by atoms with E-state index >= 15 is 0 Å². The molecule has 8 nitrogen and oxygen atoms in total. The number of benzene rings is 2. The van der Waals surface area contributed by atoms with Gasteiger partial charge in [-0.2, -0.15) is 0 Å². The summed E-state index contributed by atoms with van der Waals surface area (Å²) < 4.78 is 5.26. The second kappa shape index (κ2) is 10.9. The highest BCUT2D eigenvalue weighted by molar-refractivity contribution is 6.30. The molecule has 0 aromatic heterocycles. The number of esters is 1. The van der Waals surface area contributed by atoms with Crippen LogP contribution in [-0.2, 0) is 9.53 Å². The third kappa shape index (κ3) is 5.84. The van der Waals surface area contributed by atoms with Gasteiger partial charge in [0.25, 0.3) is 0 Å². The first kappa shape index (κ1) is 24.1. The van der Waals surface area contributed by atoms with Gasteiger partial charge in [-0.1, -0.05) is 36.7 Å². The molecule has 0 aliphatic carbocycles. The Kier molecular flexibility index (Phi) is 7.95. The number of nitrogens with zero attached hydrogens (tertiary/aromatic N) is 1. The van der Waals surface area contributed by atoms with Gasteiger partial charge in [0.05, 0.1) is 18.2 Å². The number of halogens is 1. The zero-order valence-corrected chi connectivity index (χ0v) is 19.5. The van der Waals surface area contributed by atoms with Crippen LogP contribution in [-0.4, -0.2) is 36.1 Å². The van der Waals surface area contributed by atoms with Gasteiger partial charge in [-0.3, -0.25) is 4.90 Å². The van der Waals surface area contributed by atoms with Crippen LogP contribution in [0.25, 0.3) is 0 Å². The Balaban J connectivity index is 1.79. The van der Waals surface area contributed by atoms with Crippen molar-refractivity contribution >= 4 is 41.0 Å². The average molecular weight is 471 g/mol. The van der Waals surface area contributed by atoms with Gasteiger partial charge in [-0.25, -0.2) is 14.4 Å². The van der Waals surface area contributed by atoms with E-state index in [0.717, 1.165) is 6.42 Å². The summed E-state index contributed by atoms with van der Waals surface area (Å²) in [5.41, 5.74) is 2.78. The molecule has 2 aromatic carbocycles. The summed E-state index contributed by atoms with van der Waals surface area (Å²) in [6.45, 7) is 6.18. The summed E-state index contributed by atoms with van der Waals surface area (Å²) in [6, 6.07) is 12.4. The summed E-state index contributed by atoms with van der Waals surface area (Å²) in [7, 11) is 0. The number of urea groups is 2. The van der Waals surface area contributed by atoms with Crippen LogP contribution < -0.4 is 16.0 Å². The van der Waals surface area contributed by atoms with Crippen molar-refractivity contribution in [1.29, 1.82) is 0 Å². The average Bonchev–Trinajstić information content (AvgIpc) is 2.77. The Bertz CT molecular complexity index is 1070. The van der Waals surface area contributed by atoms with Crippen LogP contribution in [0.2, 0.25) is 5.02 Å². The Morgan fingerprint density at radius 1 is 1.09 bits per heavy atom. The molecular weight excluding hydrogens is 444 g/mol. The number of ether oxygens (including phenoxy) is 1. The molecule has 33 heavy (non-hydrogen) atoms. The van der Waals surface area contributed by atoms with Crippen molar-refractivity contribution in [2.75, 3.05) is 23.8 Å². The number of rotatable bonds is 7. The van der Waals surface area contributed by atoms with Gasteiger partial charge in [0.1, 0.15) is 0 Å².